The van der Waals surface area contributed by atoms with Crippen LogP contribution >= 0.6 is 0 Å². The Balaban J connectivity index is 2.06. The molecular weight excluding hydrogens is 222 g/mol. The average molecular weight is 241 g/mol. The van der Waals surface area contributed by atoms with Crippen molar-refractivity contribution in [3.63, 3.8) is 0 Å². The molecule has 2 N–H and O–H groups in total. The van der Waals surface area contributed by atoms with Gasteiger partial charge in [-0.25, -0.2) is 4.98 Å². The van der Waals surface area contributed by atoms with Gasteiger partial charge in [-0.05, 0) is 19.3 Å². The minimum atomic E-state index is 0.694. The van der Waals surface area contributed by atoms with Crippen LogP contribution in [0.25, 0.3) is 11.3 Å². The van der Waals surface area contributed by atoms with Gasteiger partial charge in [-0.15, -0.1) is 0 Å². The minimum absolute atomic E-state index is 0.694. The Kier molecular flexibility index (Phi) is 2.62. The van der Waals surface area contributed by atoms with E-state index in [4.69, 9.17) is 10.7 Å². The lowest BCUT2D eigenvalue weighted by atomic mass is 10.0. The first-order chi connectivity index (χ1) is 8.65. The number of fused-ring (bicyclic) bond motifs is 1. The summed E-state index contributed by atoms with van der Waals surface area (Å²) in [6.45, 7) is 5.36. The average Bonchev–Trinajstić information content (AvgIpc) is 2.68. The molecule has 0 bridgehead atoms. The highest BCUT2D eigenvalue weighted by atomic mass is 15.1. The molecule has 0 saturated carbocycles. The fourth-order valence-electron chi connectivity index (χ4n) is 2.61. The maximum absolute atomic E-state index is 6.26. The number of benzene rings is 1. The molecule has 1 aromatic carbocycles. The number of aryl methyl sites for hydroxylation is 2. The molecule has 0 amide bonds. The highest BCUT2D eigenvalue weighted by Gasteiger charge is 2.21. The summed E-state index contributed by atoms with van der Waals surface area (Å²) in [5.74, 6) is 2.65. The van der Waals surface area contributed by atoms with Gasteiger partial charge in [-0.2, -0.15) is 0 Å². The summed E-state index contributed by atoms with van der Waals surface area (Å²) in [5.41, 5.74) is 9.58. The van der Waals surface area contributed by atoms with Crippen molar-refractivity contribution in [2.24, 2.45) is 5.92 Å². The third kappa shape index (κ3) is 1.80. The van der Waals surface area contributed by atoms with Crippen molar-refractivity contribution in [3.8, 4) is 11.3 Å². The molecule has 2 aromatic rings. The van der Waals surface area contributed by atoms with E-state index in [1.54, 1.807) is 0 Å². The number of rotatable bonds is 1. The van der Waals surface area contributed by atoms with E-state index in [9.17, 15) is 0 Å². The Labute approximate surface area is 108 Å². The molecule has 18 heavy (non-hydrogen) atoms. The van der Waals surface area contributed by atoms with E-state index in [0.717, 1.165) is 35.9 Å². The Morgan fingerprint density at radius 1 is 1.28 bits per heavy atom. The molecule has 1 aliphatic rings. The number of aromatic nitrogens is 2. The molecule has 2 heterocycles. The minimum Gasteiger partial charge on any atom is -0.383 e. The largest absolute Gasteiger partial charge is 0.383 e. The fraction of sp³-hybridized carbons (Fsp3) is 0.400. The number of hydrogen-bond donors (Lipinski definition) is 1. The summed E-state index contributed by atoms with van der Waals surface area (Å²) in [5, 5.41) is 0. The molecule has 94 valence electrons. The summed E-state index contributed by atoms with van der Waals surface area (Å²) in [7, 11) is 0. The Morgan fingerprint density at radius 3 is 2.72 bits per heavy atom. The zero-order valence-corrected chi connectivity index (χ0v) is 11.0. The topological polar surface area (TPSA) is 43.8 Å². The van der Waals surface area contributed by atoms with Crippen molar-refractivity contribution in [1.29, 1.82) is 0 Å². The Morgan fingerprint density at radius 2 is 2.00 bits per heavy atom. The van der Waals surface area contributed by atoms with Crippen molar-refractivity contribution in [3.05, 3.63) is 35.7 Å². The maximum Gasteiger partial charge on any atom is 0.131 e. The van der Waals surface area contributed by atoms with E-state index in [-0.39, 0.29) is 0 Å². The lowest BCUT2D eigenvalue weighted by Crippen LogP contribution is -2.19. The van der Waals surface area contributed by atoms with E-state index in [1.165, 1.54) is 12.0 Å². The van der Waals surface area contributed by atoms with E-state index < -0.39 is 0 Å². The van der Waals surface area contributed by atoms with Crippen LogP contribution in [0.4, 0.5) is 5.82 Å². The predicted molar refractivity (Wildman–Crippen MR) is 74.3 cm³/mol. The number of nitrogen functional groups attached to an aromatic ring is 1. The molecule has 0 radical (unpaired) electrons. The molecule has 0 spiro atoms. The molecular formula is C15H19N3. The molecule has 0 fully saturated rings. The van der Waals surface area contributed by atoms with E-state index in [0.29, 0.717) is 5.92 Å². The molecule has 3 rings (SSSR count). The van der Waals surface area contributed by atoms with Gasteiger partial charge in [0.25, 0.3) is 0 Å². The van der Waals surface area contributed by atoms with Gasteiger partial charge < -0.3 is 10.3 Å². The summed E-state index contributed by atoms with van der Waals surface area (Å²) in [6, 6.07) is 8.42. The monoisotopic (exact) mass is 241 g/mol. The maximum atomic E-state index is 6.26. The van der Waals surface area contributed by atoms with Gasteiger partial charge in [0.1, 0.15) is 17.3 Å². The number of imidazole rings is 1. The molecule has 1 unspecified atom stereocenters. The number of nitrogens with zero attached hydrogens (tertiary/aromatic N) is 2. The SMILES string of the molecule is Cc1ccc(-c2nc3n(c2N)CC(C)CC3)cc1. The first kappa shape index (κ1) is 11.3. The second-order valence-corrected chi connectivity index (χ2v) is 5.38. The summed E-state index contributed by atoms with van der Waals surface area (Å²) in [6.07, 6.45) is 2.25. The van der Waals surface area contributed by atoms with Gasteiger partial charge in [0, 0.05) is 18.5 Å². The van der Waals surface area contributed by atoms with Gasteiger partial charge in [0.15, 0.2) is 0 Å². The normalized spacial score (nSPS) is 18.7. The van der Waals surface area contributed by atoms with Crippen LogP contribution in [0, 0.1) is 12.8 Å². The van der Waals surface area contributed by atoms with E-state index in [2.05, 4.69) is 42.7 Å². The molecule has 3 heteroatoms. The molecule has 3 nitrogen and oxygen atoms in total. The highest BCUT2D eigenvalue weighted by molar-refractivity contribution is 5.71. The zero-order valence-electron chi connectivity index (χ0n) is 11.0. The van der Waals surface area contributed by atoms with Crippen LogP contribution in [0.15, 0.2) is 24.3 Å². The van der Waals surface area contributed by atoms with Crippen molar-refractivity contribution >= 4 is 5.82 Å². The lowest BCUT2D eigenvalue weighted by molar-refractivity contribution is 0.397. The lowest BCUT2D eigenvalue weighted by Gasteiger charge is -2.20. The van der Waals surface area contributed by atoms with Crippen LogP contribution in [-0.4, -0.2) is 9.55 Å². The Bertz CT molecular complexity index is 566. The first-order valence-corrected chi connectivity index (χ1v) is 6.57. The standard InChI is InChI=1S/C15H19N3/c1-10-3-6-12(7-4-10)14-15(16)18-9-11(2)5-8-13(18)17-14/h3-4,6-7,11H,5,8-9,16H2,1-2H3. The quantitative estimate of drug-likeness (QED) is 0.834. The van der Waals surface area contributed by atoms with E-state index in [1.807, 2.05) is 0 Å². The first-order valence-electron chi connectivity index (χ1n) is 6.57. The van der Waals surface area contributed by atoms with Gasteiger partial charge >= 0.3 is 0 Å². The predicted octanol–water partition coefficient (Wildman–Crippen LogP) is 3.02. The zero-order chi connectivity index (χ0) is 12.7. The number of anilines is 1. The van der Waals surface area contributed by atoms with Crippen LogP contribution < -0.4 is 5.73 Å². The second kappa shape index (κ2) is 4.16. The second-order valence-electron chi connectivity index (χ2n) is 5.38. The molecule has 1 aromatic heterocycles. The Hall–Kier alpha value is -1.77. The van der Waals surface area contributed by atoms with Crippen molar-refractivity contribution in [2.45, 2.75) is 33.2 Å². The van der Waals surface area contributed by atoms with Crippen molar-refractivity contribution < 1.29 is 0 Å². The van der Waals surface area contributed by atoms with Crippen LogP contribution in [0.2, 0.25) is 0 Å². The van der Waals surface area contributed by atoms with Gasteiger partial charge in [0.05, 0.1) is 0 Å². The van der Waals surface area contributed by atoms with Gasteiger partial charge in [0.2, 0.25) is 0 Å². The smallest absolute Gasteiger partial charge is 0.131 e. The van der Waals surface area contributed by atoms with Crippen LogP contribution in [0.1, 0.15) is 24.7 Å². The number of hydrogen-bond acceptors (Lipinski definition) is 2. The molecule has 0 saturated heterocycles. The fourth-order valence-corrected chi connectivity index (χ4v) is 2.61. The highest BCUT2D eigenvalue weighted by Crippen LogP contribution is 2.30. The van der Waals surface area contributed by atoms with Gasteiger partial charge in [-0.3, -0.25) is 0 Å². The van der Waals surface area contributed by atoms with Crippen molar-refractivity contribution in [1.82, 2.24) is 9.55 Å². The molecule has 1 atom stereocenters. The number of nitrogens with two attached hydrogens (primary N) is 1. The molecule has 1 aliphatic heterocycles. The summed E-state index contributed by atoms with van der Waals surface area (Å²) < 4.78 is 2.18. The third-order valence-corrected chi connectivity index (χ3v) is 3.77. The third-order valence-electron chi connectivity index (χ3n) is 3.77. The summed E-state index contributed by atoms with van der Waals surface area (Å²) in [4.78, 5) is 4.72. The van der Waals surface area contributed by atoms with Crippen LogP contribution in [0.5, 0.6) is 0 Å². The van der Waals surface area contributed by atoms with Crippen LogP contribution in [0.3, 0.4) is 0 Å². The van der Waals surface area contributed by atoms with Crippen molar-refractivity contribution in [2.75, 3.05) is 5.73 Å². The van der Waals surface area contributed by atoms with Crippen LogP contribution in [-0.2, 0) is 13.0 Å². The molecule has 0 aliphatic carbocycles. The summed E-state index contributed by atoms with van der Waals surface area (Å²) >= 11 is 0. The van der Waals surface area contributed by atoms with E-state index >= 15 is 0 Å². The van der Waals surface area contributed by atoms with Gasteiger partial charge in [-0.1, -0.05) is 36.8 Å².